The number of aromatic nitrogens is 2. The summed E-state index contributed by atoms with van der Waals surface area (Å²) in [7, 11) is 0. The van der Waals surface area contributed by atoms with E-state index in [0.29, 0.717) is 16.6 Å². The van der Waals surface area contributed by atoms with Gasteiger partial charge in [-0.3, -0.25) is 4.68 Å². The largest absolute Gasteiger partial charge is 0.258 e. The van der Waals surface area contributed by atoms with Crippen molar-refractivity contribution in [3.05, 3.63) is 98.3 Å². The molecule has 0 saturated heterocycles. The van der Waals surface area contributed by atoms with Gasteiger partial charge in [0.25, 0.3) is 0 Å². The predicted octanol–water partition coefficient (Wildman–Crippen LogP) is 7.94. The minimum absolute atomic E-state index is 0.363. The lowest BCUT2D eigenvalue weighted by Gasteiger charge is -2.11. The third-order valence-corrected chi connectivity index (χ3v) is 6.50. The fourth-order valence-corrected chi connectivity index (χ4v) is 4.18. The maximum atomic E-state index is 13.5. The van der Waals surface area contributed by atoms with Gasteiger partial charge in [-0.25, -0.2) is 4.39 Å². The van der Waals surface area contributed by atoms with E-state index in [1.165, 1.54) is 34.4 Å². The summed E-state index contributed by atoms with van der Waals surface area (Å²) in [4.78, 5) is 0. The molecule has 1 aromatic heterocycles. The van der Waals surface area contributed by atoms with Crippen molar-refractivity contribution in [3.8, 4) is 22.5 Å². The third kappa shape index (κ3) is 4.26. The van der Waals surface area contributed by atoms with Crippen LogP contribution >= 0.6 is 23.2 Å². The van der Waals surface area contributed by atoms with Crippen molar-refractivity contribution in [3.63, 3.8) is 0 Å². The quantitative estimate of drug-likeness (QED) is 0.307. The Bertz CT molecular complexity index is 1290. The molecule has 3 aromatic carbocycles. The first kappa shape index (κ1) is 21.6. The maximum Gasteiger partial charge on any atom is 0.124 e. The average molecular weight is 453 g/mol. The molecule has 0 bridgehead atoms. The van der Waals surface area contributed by atoms with Gasteiger partial charge in [-0.15, -0.1) is 0 Å². The van der Waals surface area contributed by atoms with Gasteiger partial charge in [-0.2, -0.15) is 5.10 Å². The van der Waals surface area contributed by atoms with Gasteiger partial charge in [-0.1, -0.05) is 53.5 Å². The van der Waals surface area contributed by atoms with Crippen molar-refractivity contribution in [2.24, 2.45) is 0 Å². The molecular formula is C26H23Cl2FN2. The molecule has 5 heteroatoms. The van der Waals surface area contributed by atoms with Crippen LogP contribution in [0, 0.1) is 33.5 Å². The van der Waals surface area contributed by atoms with Crippen LogP contribution < -0.4 is 0 Å². The zero-order chi connectivity index (χ0) is 22.3. The van der Waals surface area contributed by atoms with Crippen molar-refractivity contribution in [2.45, 2.75) is 34.2 Å². The first-order valence-electron chi connectivity index (χ1n) is 10.1. The standard InChI is InChI=1S/C26H23Cl2FN2/c1-15-5-7-19(11-17(15)3)25-24(28)26(20-8-6-16(2)18(4)12-20)31(30-25)14-21-9-10-22(29)13-23(21)27/h5-13H,14H2,1-4H3. The van der Waals surface area contributed by atoms with Gasteiger partial charge in [0.1, 0.15) is 11.5 Å². The van der Waals surface area contributed by atoms with Gasteiger partial charge in [0, 0.05) is 16.1 Å². The second kappa shape index (κ2) is 8.49. The fraction of sp³-hybridized carbons (Fsp3) is 0.192. The number of halogens is 3. The van der Waals surface area contributed by atoms with E-state index >= 15 is 0 Å². The molecule has 4 rings (SSSR count). The van der Waals surface area contributed by atoms with Crippen molar-refractivity contribution >= 4 is 23.2 Å². The molecule has 4 aromatic rings. The Morgan fingerprint density at radius 3 is 2.00 bits per heavy atom. The number of aryl methyl sites for hydroxylation is 4. The first-order valence-corrected chi connectivity index (χ1v) is 10.9. The second-order valence-electron chi connectivity index (χ2n) is 8.00. The maximum absolute atomic E-state index is 13.5. The minimum atomic E-state index is -0.363. The molecular weight excluding hydrogens is 430 g/mol. The monoisotopic (exact) mass is 452 g/mol. The smallest absolute Gasteiger partial charge is 0.124 e. The van der Waals surface area contributed by atoms with Crippen LogP contribution in [0.25, 0.3) is 22.5 Å². The molecule has 0 aliphatic carbocycles. The second-order valence-corrected chi connectivity index (χ2v) is 8.79. The van der Waals surface area contributed by atoms with Crippen LogP contribution in [0.5, 0.6) is 0 Å². The zero-order valence-electron chi connectivity index (χ0n) is 17.9. The van der Waals surface area contributed by atoms with Crippen LogP contribution in [-0.2, 0) is 6.54 Å². The number of rotatable bonds is 4. The molecule has 1 heterocycles. The molecule has 0 amide bonds. The van der Waals surface area contributed by atoms with E-state index in [2.05, 4.69) is 58.0 Å². The Kier molecular flexibility index (Phi) is 5.92. The molecule has 0 saturated carbocycles. The van der Waals surface area contributed by atoms with Crippen molar-refractivity contribution in [1.29, 1.82) is 0 Å². The highest BCUT2D eigenvalue weighted by atomic mass is 35.5. The van der Waals surface area contributed by atoms with Crippen molar-refractivity contribution in [1.82, 2.24) is 9.78 Å². The molecule has 0 aliphatic heterocycles. The highest BCUT2D eigenvalue weighted by Crippen LogP contribution is 2.38. The van der Waals surface area contributed by atoms with Crippen molar-refractivity contribution < 1.29 is 4.39 Å². The topological polar surface area (TPSA) is 17.8 Å². The molecule has 0 unspecified atom stereocenters. The van der Waals surface area contributed by atoms with E-state index in [1.807, 2.05) is 10.7 Å². The van der Waals surface area contributed by atoms with Crippen LogP contribution in [0.15, 0.2) is 54.6 Å². The average Bonchev–Trinajstić information content (AvgIpc) is 3.04. The van der Waals surface area contributed by atoms with Gasteiger partial charge < -0.3 is 0 Å². The SMILES string of the molecule is Cc1ccc(-c2nn(Cc3ccc(F)cc3Cl)c(-c3ccc(C)c(C)c3)c2Cl)cc1C. The summed E-state index contributed by atoms with van der Waals surface area (Å²) in [5.74, 6) is -0.363. The van der Waals surface area contributed by atoms with E-state index in [1.54, 1.807) is 6.07 Å². The van der Waals surface area contributed by atoms with Gasteiger partial charge in [0.05, 0.1) is 17.3 Å². The van der Waals surface area contributed by atoms with Crippen LogP contribution in [0.4, 0.5) is 4.39 Å². The summed E-state index contributed by atoms with van der Waals surface area (Å²) in [5.41, 5.74) is 9.03. The summed E-state index contributed by atoms with van der Waals surface area (Å²) < 4.78 is 15.4. The summed E-state index contributed by atoms with van der Waals surface area (Å²) in [6.45, 7) is 8.69. The Hall–Kier alpha value is -2.62. The Labute approximate surface area is 192 Å². The number of benzene rings is 3. The van der Waals surface area contributed by atoms with Crippen molar-refractivity contribution in [2.75, 3.05) is 0 Å². The van der Waals surface area contributed by atoms with Crippen LogP contribution in [-0.4, -0.2) is 9.78 Å². The summed E-state index contributed by atoms with van der Waals surface area (Å²) >= 11 is 13.2. The molecule has 2 nitrogen and oxygen atoms in total. The summed E-state index contributed by atoms with van der Waals surface area (Å²) in [6.07, 6.45) is 0. The lowest BCUT2D eigenvalue weighted by Crippen LogP contribution is -2.05. The fourth-order valence-electron chi connectivity index (χ4n) is 3.60. The Morgan fingerprint density at radius 2 is 1.39 bits per heavy atom. The molecule has 31 heavy (non-hydrogen) atoms. The predicted molar refractivity (Wildman–Crippen MR) is 128 cm³/mol. The Balaban J connectivity index is 1.90. The van der Waals surface area contributed by atoms with Gasteiger partial charge in [-0.05, 0) is 79.8 Å². The van der Waals surface area contributed by atoms with Gasteiger partial charge >= 0.3 is 0 Å². The molecule has 0 fully saturated rings. The van der Waals surface area contributed by atoms with E-state index in [0.717, 1.165) is 28.1 Å². The number of nitrogens with zero attached hydrogens (tertiary/aromatic N) is 2. The van der Waals surface area contributed by atoms with Crippen LogP contribution in [0.1, 0.15) is 27.8 Å². The molecule has 158 valence electrons. The van der Waals surface area contributed by atoms with Gasteiger partial charge in [0.2, 0.25) is 0 Å². The lowest BCUT2D eigenvalue weighted by atomic mass is 10.0. The van der Waals surface area contributed by atoms with Gasteiger partial charge in [0.15, 0.2) is 0 Å². The normalized spacial score (nSPS) is 11.2. The third-order valence-electron chi connectivity index (χ3n) is 5.79. The van der Waals surface area contributed by atoms with E-state index in [9.17, 15) is 4.39 Å². The molecule has 0 spiro atoms. The summed E-state index contributed by atoms with van der Waals surface area (Å²) in [6, 6.07) is 16.9. The highest BCUT2D eigenvalue weighted by molar-refractivity contribution is 6.35. The summed E-state index contributed by atoms with van der Waals surface area (Å²) in [5, 5.41) is 5.82. The lowest BCUT2D eigenvalue weighted by molar-refractivity contribution is 0.625. The highest BCUT2D eigenvalue weighted by Gasteiger charge is 2.21. The number of hydrogen-bond donors (Lipinski definition) is 0. The van der Waals surface area contributed by atoms with Crippen LogP contribution in [0.2, 0.25) is 10.0 Å². The Morgan fingerprint density at radius 1 is 0.774 bits per heavy atom. The van der Waals surface area contributed by atoms with E-state index < -0.39 is 0 Å². The molecule has 0 N–H and O–H groups in total. The molecule has 0 atom stereocenters. The number of hydrogen-bond acceptors (Lipinski definition) is 1. The molecule has 0 radical (unpaired) electrons. The molecule has 0 aliphatic rings. The van der Waals surface area contributed by atoms with E-state index in [4.69, 9.17) is 28.3 Å². The van der Waals surface area contributed by atoms with E-state index in [-0.39, 0.29) is 5.82 Å². The van der Waals surface area contributed by atoms with Crippen LogP contribution in [0.3, 0.4) is 0 Å². The first-order chi connectivity index (χ1) is 14.7. The zero-order valence-corrected chi connectivity index (χ0v) is 19.4. The minimum Gasteiger partial charge on any atom is -0.258 e.